The minimum absolute atomic E-state index is 0.0742. The summed E-state index contributed by atoms with van der Waals surface area (Å²) in [5.74, 6) is -0.895. The van der Waals surface area contributed by atoms with Gasteiger partial charge in [0.25, 0.3) is 0 Å². The van der Waals surface area contributed by atoms with Gasteiger partial charge in [-0.2, -0.15) is 0 Å². The lowest BCUT2D eigenvalue weighted by Gasteiger charge is -2.18. The first-order valence-electron chi connectivity index (χ1n) is 23.8. The highest BCUT2D eigenvalue weighted by molar-refractivity contribution is 5.71. The summed E-state index contributed by atoms with van der Waals surface area (Å²) >= 11 is 0. The van der Waals surface area contributed by atoms with Gasteiger partial charge in [-0.05, 0) is 64.2 Å². The number of hydrogen-bond acceptors (Lipinski definition) is 6. The van der Waals surface area contributed by atoms with Crippen LogP contribution in [0.4, 0.5) is 0 Å². The van der Waals surface area contributed by atoms with Gasteiger partial charge in [-0.25, -0.2) is 0 Å². The lowest BCUT2D eigenvalue weighted by Crippen LogP contribution is -2.30. The maximum absolute atomic E-state index is 12.6. The lowest BCUT2D eigenvalue weighted by atomic mass is 10.1. The van der Waals surface area contributed by atoms with E-state index in [-0.39, 0.29) is 31.1 Å². The fourth-order valence-corrected chi connectivity index (χ4v) is 6.77. The summed E-state index contributed by atoms with van der Waals surface area (Å²) < 4.78 is 16.6. The van der Waals surface area contributed by atoms with Crippen LogP contribution in [0.5, 0.6) is 0 Å². The number of allylic oxidation sites excluding steroid dienone is 4. The molecule has 0 aliphatic rings. The predicted molar refractivity (Wildman–Crippen MR) is 233 cm³/mol. The maximum Gasteiger partial charge on any atom is 0.306 e. The number of hydrogen-bond donors (Lipinski definition) is 0. The van der Waals surface area contributed by atoms with Crippen LogP contribution in [-0.2, 0) is 28.6 Å². The van der Waals surface area contributed by atoms with Crippen LogP contribution in [0.25, 0.3) is 0 Å². The summed E-state index contributed by atoms with van der Waals surface area (Å²) in [4.78, 5) is 37.5. The molecule has 0 aromatic rings. The van der Waals surface area contributed by atoms with Crippen LogP contribution in [-0.4, -0.2) is 37.2 Å². The third kappa shape index (κ3) is 42.9. The van der Waals surface area contributed by atoms with Crippen LogP contribution in [0.15, 0.2) is 24.3 Å². The van der Waals surface area contributed by atoms with Crippen molar-refractivity contribution < 1.29 is 28.6 Å². The number of rotatable bonds is 43. The van der Waals surface area contributed by atoms with E-state index in [9.17, 15) is 14.4 Å². The molecule has 0 aromatic carbocycles. The Bertz CT molecular complexity index is 896. The van der Waals surface area contributed by atoms with Gasteiger partial charge in [0.1, 0.15) is 13.2 Å². The smallest absolute Gasteiger partial charge is 0.306 e. The second kappa shape index (κ2) is 44.6. The van der Waals surface area contributed by atoms with Gasteiger partial charge in [-0.15, -0.1) is 0 Å². The average Bonchev–Trinajstić information content (AvgIpc) is 3.18. The molecule has 0 spiro atoms. The fraction of sp³-hybridized carbons (Fsp3) is 0.857. The summed E-state index contributed by atoms with van der Waals surface area (Å²) in [5, 5.41) is 0. The number of carbonyl (C=O) groups excluding carboxylic acids is 3. The molecule has 0 rings (SSSR count). The molecule has 0 saturated heterocycles. The van der Waals surface area contributed by atoms with Gasteiger partial charge in [-0.1, -0.05) is 193 Å². The summed E-state index contributed by atoms with van der Waals surface area (Å²) in [7, 11) is 0. The van der Waals surface area contributed by atoms with Crippen LogP contribution < -0.4 is 0 Å². The molecule has 1 atom stereocenters. The Kier molecular flexibility index (Phi) is 42.9. The van der Waals surface area contributed by atoms with Crippen molar-refractivity contribution in [3.63, 3.8) is 0 Å². The molecule has 0 aliphatic carbocycles. The van der Waals surface area contributed by atoms with Crippen LogP contribution in [0.2, 0.25) is 0 Å². The highest BCUT2D eigenvalue weighted by Crippen LogP contribution is 2.15. The minimum Gasteiger partial charge on any atom is -0.462 e. The SMILES string of the molecule is CCCC/C=C\CCCCCCCC(=O)OC(COC(=O)CCCCCCC)COC(=O)CCCCCCCCCCC/C=C\CCCCCCCCCC. The van der Waals surface area contributed by atoms with Gasteiger partial charge in [0, 0.05) is 19.3 Å². The third-order valence-corrected chi connectivity index (χ3v) is 10.4. The molecule has 0 N–H and O–H groups in total. The molecule has 6 nitrogen and oxygen atoms in total. The second-order valence-electron chi connectivity index (χ2n) is 16.0. The van der Waals surface area contributed by atoms with E-state index in [1.54, 1.807) is 0 Å². The van der Waals surface area contributed by atoms with Crippen molar-refractivity contribution in [3.8, 4) is 0 Å². The molecule has 55 heavy (non-hydrogen) atoms. The standard InChI is InChI=1S/C49H90O6/c1-4-7-10-13-15-17-19-20-21-22-23-24-25-26-27-28-30-31-33-36-39-42-48(51)54-45-46(44-53-47(50)41-38-35-12-9-6-3)55-49(52)43-40-37-34-32-29-18-16-14-11-8-5-2/h14,16,22-23,46H,4-13,15,17-21,24-45H2,1-3H3/b16-14-,23-22-. The highest BCUT2D eigenvalue weighted by Gasteiger charge is 2.19. The Balaban J connectivity index is 4.10. The van der Waals surface area contributed by atoms with Crippen LogP contribution in [0.3, 0.4) is 0 Å². The largest absolute Gasteiger partial charge is 0.462 e. The molecule has 0 aliphatic heterocycles. The quantitative estimate of drug-likeness (QED) is 0.0266. The number of ether oxygens (including phenoxy) is 3. The summed E-state index contributed by atoms with van der Waals surface area (Å²) in [6.07, 6.45) is 49.2. The summed E-state index contributed by atoms with van der Waals surface area (Å²) in [6.45, 7) is 6.51. The Morgan fingerprint density at radius 2 is 0.618 bits per heavy atom. The van der Waals surface area contributed by atoms with E-state index in [0.29, 0.717) is 19.3 Å². The van der Waals surface area contributed by atoms with Gasteiger partial charge >= 0.3 is 17.9 Å². The monoisotopic (exact) mass is 775 g/mol. The molecule has 0 aromatic heterocycles. The van der Waals surface area contributed by atoms with E-state index >= 15 is 0 Å². The first kappa shape index (κ1) is 52.9. The zero-order valence-corrected chi connectivity index (χ0v) is 36.7. The van der Waals surface area contributed by atoms with Crippen LogP contribution >= 0.6 is 0 Å². The van der Waals surface area contributed by atoms with Gasteiger partial charge < -0.3 is 14.2 Å². The molecular formula is C49H90O6. The van der Waals surface area contributed by atoms with E-state index in [4.69, 9.17) is 14.2 Å². The molecule has 0 radical (unpaired) electrons. The first-order chi connectivity index (χ1) is 27.0. The molecule has 0 bridgehead atoms. The zero-order valence-electron chi connectivity index (χ0n) is 36.7. The van der Waals surface area contributed by atoms with Crippen LogP contribution in [0, 0.1) is 0 Å². The van der Waals surface area contributed by atoms with Gasteiger partial charge in [0.05, 0.1) is 0 Å². The summed E-state index contributed by atoms with van der Waals surface area (Å²) in [6, 6.07) is 0. The molecular weight excluding hydrogens is 685 g/mol. The topological polar surface area (TPSA) is 78.9 Å². The van der Waals surface area contributed by atoms with E-state index in [2.05, 4.69) is 45.1 Å². The fourth-order valence-electron chi connectivity index (χ4n) is 6.77. The van der Waals surface area contributed by atoms with Crippen molar-refractivity contribution in [1.82, 2.24) is 0 Å². The van der Waals surface area contributed by atoms with E-state index < -0.39 is 6.10 Å². The molecule has 0 heterocycles. The van der Waals surface area contributed by atoms with Crippen LogP contribution in [0.1, 0.15) is 252 Å². The lowest BCUT2D eigenvalue weighted by molar-refractivity contribution is -0.167. The highest BCUT2D eigenvalue weighted by atomic mass is 16.6. The Hall–Kier alpha value is -2.11. The van der Waals surface area contributed by atoms with E-state index in [1.165, 1.54) is 135 Å². The van der Waals surface area contributed by atoms with Gasteiger partial charge in [-0.3, -0.25) is 14.4 Å². The van der Waals surface area contributed by atoms with Gasteiger partial charge in [0.2, 0.25) is 0 Å². The molecule has 1 unspecified atom stereocenters. The Morgan fingerprint density at radius 1 is 0.345 bits per heavy atom. The molecule has 6 heteroatoms. The molecule has 322 valence electrons. The number of carbonyl (C=O) groups is 3. The minimum atomic E-state index is -0.768. The second-order valence-corrected chi connectivity index (χ2v) is 16.0. The number of esters is 3. The third-order valence-electron chi connectivity index (χ3n) is 10.4. The zero-order chi connectivity index (χ0) is 40.1. The molecule has 0 amide bonds. The van der Waals surface area contributed by atoms with Crippen molar-refractivity contribution in [3.05, 3.63) is 24.3 Å². The average molecular weight is 775 g/mol. The van der Waals surface area contributed by atoms with Gasteiger partial charge in [0.15, 0.2) is 6.10 Å². The van der Waals surface area contributed by atoms with Crippen molar-refractivity contribution >= 4 is 17.9 Å². The van der Waals surface area contributed by atoms with E-state index in [0.717, 1.165) is 77.0 Å². The maximum atomic E-state index is 12.6. The Labute approximate surface area is 341 Å². The Morgan fingerprint density at radius 3 is 0.964 bits per heavy atom. The van der Waals surface area contributed by atoms with Crippen molar-refractivity contribution in [2.45, 2.75) is 258 Å². The summed E-state index contributed by atoms with van der Waals surface area (Å²) in [5.41, 5.74) is 0. The predicted octanol–water partition coefficient (Wildman–Crippen LogP) is 15.2. The molecule has 0 saturated carbocycles. The van der Waals surface area contributed by atoms with Crippen molar-refractivity contribution in [2.75, 3.05) is 13.2 Å². The van der Waals surface area contributed by atoms with Crippen molar-refractivity contribution in [1.29, 1.82) is 0 Å². The first-order valence-corrected chi connectivity index (χ1v) is 23.8. The van der Waals surface area contributed by atoms with Crippen molar-refractivity contribution in [2.24, 2.45) is 0 Å². The van der Waals surface area contributed by atoms with E-state index in [1.807, 2.05) is 0 Å². The molecule has 0 fully saturated rings. The number of unbranched alkanes of at least 4 members (excludes halogenated alkanes) is 28. The normalized spacial score (nSPS) is 12.1.